The van der Waals surface area contributed by atoms with Gasteiger partial charge in [0, 0.05) is 30.4 Å². The Morgan fingerprint density at radius 1 is 1.26 bits per heavy atom. The molecular formula is C11H8F3N5. The molecule has 5 nitrogen and oxygen atoms in total. The van der Waals surface area contributed by atoms with Gasteiger partial charge < -0.3 is 4.57 Å². The monoisotopic (exact) mass is 267 g/mol. The normalized spacial score (nSPS) is 12.2. The molecule has 1 N–H and O–H groups in total. The molecule has 3 heterocycles. The Kier molecular flexibility index (Phi) is 2.34. The molecule has 0 aliphatic rings. The highest BCUT2D eigenvalue weighted by Gasteiger charge is 2.35. The quantitative estimate of drug-likeness (QED) is 0.736. The Hall–Kier alpha value is -2.38. The Morgan fingerprint density at radius 2 is 2.05 bits per heavy atom. The van der Waals surface area contributed by atoms with Crippen LogP contribution in [0, 0.1) is 0 Å². The fourth-order valence-electron chi connectivity index (χ4n) is 1.87. The number of hydrogen-bond donors (Lipinski definition) is 1. The lowest BCUT2D eigenvalue weighted by molar-refractivity contribution is -0.144. The summed E-state index contributed by atoms with van der Waals surface area (Å²) >= 11 is 0. The van der Waals surface area contributed by atoms with Crippen LogP contribution in [0.25, 0.3) is 22.4 Å². The first-order valence-corrected chi connectivity index (χ1v) is 5.37. The van der Waals surface area contributed by atoms with E-state index in [0.29, 0.717) is 16.6 Å². The molecule has 3 aromatic heterocycles. The minimum atomic E-state index is -4.53. The summed E-state index contributed by atoms with van der Waals surface area (Å²) in [6, 6.07) is 3.35. The van der Waals surface area contributed by atoms with Crippen LogP contribution in [0.5, 0.6) is 0 Å². The molecule has 0 radical (unpaired) electrons. The molecule has 19 heavy (non-hydrogen) atoms. The molecule has 98 valence electrons. The van der Waals surface area contributed by atoms with Crippen LogP contribution in [0.3, 0.4) is 0 Å². The first kappa shape index (κ1) is 11.7. The van der Waals surface area contributed by atoms with Crippen molar-refractivity contribution in [3.05, 3.63) is 30.4 Å². The largest absolute Gasteiger partial charge is 0.451 e. The Labute approximate surface area is 105 Å². The predicted octanol–water partition coefficient (Wildman–Crippen LogP) is 2.38. The number of hydrogen-bond acceptors (Lipinski definition) is 3. The summed E-state index contributed by atoms with van der Waals surface area (Å²) in [7, 11) is 1.80. The topological polar surface area (TPSA) is 59.4 Å². The molecule has 8 heteroatoms. The number of pyridine rings is 1. The van der Waals surface area contributed by atoms with E-state index < -0.39 is 12.0 Å². The van der Waals surface area contributed by atoms with Crippen LogP contribution >= 0.6 is 0 Å². The fraction of sp³-hybridized carbons (Fsp3) is 0.182. The average Bonchev–Trinajstić information content (AvgIpc) is 2.96. The van der Waals surface area contributed by atoms with Crippen molar-refractivity contribution in [3.8, 4) is 11.4 Å². The van der Waals surface area contributed by atoms with Gasteiger partial charge in [-0.25, -0.2) is 9.97 Å². The van der Waals surface area contributed by atoms with Gasteiger partial charge in [-0.3, -0.25) is 5.10 Å². The maximum atomic E-state index is 12.5. The van der Waals surface area contributed by atoms with Gasteiger partial charge in [0.2, 0.25) is 5.82 Å². The SMILES string of the molecule is Cn1ccc2c(-c3n[nH]c(C(F)(F)F)n3)ccnc21. The number of nitrogens with zero attached hydrogens (tertiary/aromatic N) is 4. The highest BCUT2D eigenvalue weighted by molar-refractivity contribution is 5.91. The molecule has 0 aliphatic heterocycles. The van der Waals surface area contributed by atoms with Gasteiger partial charge in [0.25, 0.3) is 0 Å². The van der Waals surface area contributed by atoms with Crippen molar-refractivity contribution in [2.24, 2.45) is 7.05 Å². The van der Waals surface area contributed by atoms with Crippen LogP contribution in [0.4, 0.5) is 13.2 Å². The number of aryl methyl sites for hydroxylation is 1. The molecule has 3 rings (SSSR count). The molecule has 0 amide bonds. The molecular weight excluding hydrogens is 259 g/mol. The summed E-state index contributed by atoms with van der Waals surface area (Å²) < 4.78 is 39.2. The standard InChI is InChI=1S/C11H8F3N5/c1-19-5-3-7-6(2-4-15-9(7)19)8-16-10(18-17-8)11(12,13)14/h2-5H,1H3,(H,16,17,18). The van der Waals surface area contributed by atoms with Gasteiger partial charge in [-0.2, -0.15) is 18.3 Å². The lowest BCUT2D eigenvalue weighted by atomic mass is 10.2. The number of rotatable bonds is 1. The molecule has 3 aromatic rings. The van der Waals surface area contributed by atoms with Crippen molar-refractivity contribution in [1.29, 1.82) is 0 Å². The zero-order chi connectivity index (χ0) is 13.6. The van der Waals surface area contributed by atoms with E-state index in [-0.39, 0.29) is 5.82 Å². The number of aromatic amines is 1. The smallest absolute Gasteiger partial charge is 0.336 e. The van der Waals surface area contributed by atoms with Gasteiger partial charge in [-0.1, -0.05) is 0 Å². The third kappa shape index (κ3) is 1.85. The van der Waals surface area contributed by atoms with Gasteiger partial charge >= 0.3 is 6.18 Å². The summed E-state index contributed by atoms with van der Waals surface area (Å²) in [5, 5.41) is 6.23. The van der Waals surface area contributed by atoms with Gasteiger partial charge in [-0.15, -0.1) is 0 Å². The molecule has 0 aromatic carbocycles. The van der Waals surface area contributed by atoms with E-state index in [1.54, 1.807) is 29.9 Å². The summed E-state index contributed by atoms with van der Waals surface area (Å²) in [5.74, 6) is -1.10. The zero-order valence-corrected chi connectivity index (χ0v) is 9.73. The molecule has 0 aliphatic carbocycles. The Balaban J connectivity index is 2.17. The van der Waals surface area contributed by atoms with E-state index in [2.05, 4.69) is 15.1 Å². The average molecular weight is 267 g/mol. The number of alkyl halides is 3. The van der Waals surface area contributed by atoms with Crippen LogP contribution in [-0.4, -0.2) is 24.7 Å². The van der Waals surface area contributed by atoms with Gasteiger partial charge in [-0.05, 0) is 12.1 Å². The van der Waals surface area contributed by atoms with Crippen molar-refractivity contribution < 1.29 is 13.2 Å². The molecule has 0 saturated heterocycles. The Bertz CT molecular complexity index is 740. The van der Waals surface area contributed by atoms with Crippen molar-refractivity contribution in [1.82, 2.24) is 24.7 Å². The number of H-pyrrole nitrogens is 1. The number of nitrogens with one attached hydrogen (secondary N) is 1. The summed E-state index contributed by atoms with van der Waals surface area (Å²) in [5.41, 5.74) is 1.17. The zero-order valence-electron chi connectivity index (χ0n) is 9.73. The lowest BCUT2D eigenvalue weighted by Crippen LogP contribution is -2.07. The van der Waals surface area contributed by atoms with E-state index in [9.17, 15) is 13.2 Å². The second kappa shape index (κ2) is 3.81. The summed E-state index contributed by atoms with van der Waals surface area (Å²) in [6.45, 7) is 0. The maximum Gasteiger partial charge on any atom is 0.451 e. The second-order valence-electron chi connectivity index (χ2n) is 4.03. The maximum absolute atomic E-state index is 12.5. The van der Waals surface area contributed by atoms with Crippen LogP contribution in [0.1, 0.15) is 5.82 Å². The van der Waals surface area contributed by atoms with E-state index in [0.717, 1.165) is 0 Å². The van der Waals surface area contributed by atoms with Crippen molar-refractivity contribution in [2.45, 2.75) is 6.18 Å². The third-order valence-electron chi connectivity index (χ3n) is 2.76. The highest BCUT2D eigenvalue weighted by Crippen LogP contribution is 2.29. The first-order chi connectivity index (χ1) is 8.97. The van der Waals surface area contributed by atoms with Crippen LogP contribution < -0.4 is 0 Å². The minimum Gasteiger partial charge on any atom is -0.336 e. The Morgan fingerprint density at radius 3 is 2.74 bits per heavy atom. The second-order valence-corrected chi connectivity index (χ2v) is 4.03. The first-order valence-electron chi connectivity index (χ1n) is 5.37. The van der Waals surface area contributed by atoms with Gasteiger partial charge in [0.1, 0.15) is 5.65 Å². The van der Waals surface area contributed by atoms with Crippen LogP contribution in [0.2, 0.25) is 0 Å². The summed E-state index contributed by atoms with van der Waals surface area (Å²) in [4.78, 5) is 7.64. The summed E-state index contributed by atoms with van der Waals surface area (Å²) in [6.07, 6.45) is -1.24. The predicted molar refractivity (Wildman–Crippen MR) is 61.1 cm³/mol. The van der Waals surface area contributed by atoms with E-state index >= 15 is 0 Å². The molecule has 0 unspecified atom stereocenters. The van der Waals surface area contributed by atoms with Crippen molar-refractivity contribution in [3.63, 3.8) is 0 Å². The van der Waals surface area contributed by atoms with Crippen LogP contribution in [-0.2, 0) is 13.2 Å². The van der Waals surface area contributed by atoms with Gasteiger partial charge in [0.15, 0.2) is 5.82 Å². The van der Waals surface area contributed by atoms with E-state index in [1.165, 1.54) is 6.20 Å². The third-order valence-corrected chi connectivity index (χ3v) is 2.76. The molecule has 0 bridgehead atoms. The fourth-order valence-corrected chi connectivity index (χ4v) is 1.87. The van der Waals surface area contributed by atoms with Crippen molar-refractivity contribution in [2.75, 3.05) is 0 Å². The lowest BCUT2D eigenvalue weighted by Gasteiger charge is -2.00. The molecule has 0 fully saturated rings. The van der Waals surface area contributed by atoms with Crippen LogP contribution in [0.15, 0.2) is 24.5 Å². The molecule has 0 atom stereocenters. The van der Waals surface area contributed by atoms with E-state index in [1.807, 2.05) is 5.10 Å². The van der Waals surface area contributed by atoms with Crippen molar-refractivity contribution >= 4 is 11.0 Å². The number of aromatic nitrogens is 5. The molecule has 0 saturated carbocycles. The van der Waals surface area contributed by atoms with E-state index in [4.69, 9.17) is 0 Å². The minimum absolute atomic E-state index is 0.00549. The highest BCUT2D eigenvalue weighted by atomic mass is 19.4. The van der Waals surface area contributed by atoms with Gasteiger partial charge in [0.05, 0.1) is 0 Å². The molecule has 0 spiro atoms. The number of fused-ring (bicyclic) bond motifs is 1. The number of halogens is 3.